The van der Waals surface area contributed by atoms with Crippen molar-refractivity contribution in [2.45, 2.75) is 6.92 Å². The Morgan fingerprint density at radius 1 is 0.436 bits per heavy atom. The Labute approximate surface area is 226 Å². The topological polar surface area (TPSA) is 16.4 Å². The standard InChI is InChI=1S/C37H25NO/c1-24-9-8-11-26(21-24)38(27-18-20-37-34(22-27)32-15-6-7-16-36(32)39-37)35-23-33-28-12-3-2-10-25(28)17-19-30(33)29-13-4-5-14-31(29)35/h2-23H,1H3. The van der Waals surface area contributed by atoms with E-state index in [-0.39, 0.29) is 0 Å². The SMILES string of the molecule is Cc1cccc(N(c2ccc3oc4ccccc4c3c2)c2cc3c4ccccc4ccc3c3ccccc23)c1. The zero-order chi connectivity index (χ0) is 25.9. The highest BCUT2D eigenvalue weighted by atomic mass is 16.3. The fourth-order valence-electron chi connectivity index (χ4n) is 6.07. The van der Waals surface area contributed by atoms with Crippen molar-refractivity contribution in [2.75, 3.05) is 4.90 Å². The second-order valence-electron chi connectivity index (χ2n) is 10.3. The summed E-state index contributed by atoms with van der Waals surface area (Å²) < 4.78 is 6.18. The zero-order valence-corrected chi connectivity index (χ0v) is 21.6. The van der Waals surface area contributed by atoms with Gasteiger partial charge in [-0.2, -0.15) is 0 Å². The molecule has 39 heavy (non-hydrogen) atoms. The summed E-state index contributed by atoms with van der Waals surface area (Å²) in [5.74, 6) is 0. The highest BCUT2D eigenvalue weighted by molar-refractivity contribution is 6.21. The molecule has 0 spiro atoms. The molecule has 7 aromatic carbocycles. The Hall–Kier alpha value is -5.08. The Morgan fingerprint density at radius 2 is 1.13 bits per heavy atom. The van der Waals surface area contributed by atoms with Crippen LogP contribution >= 0.6 is 0 Å². The smallest absolute Gasteiger partial charge is 0.135 e. The van der Waals surface area contributed by atoms with Crippen LogP contribution in [0.25, 0.3) is 54.3 Å². The third kappa shape index (κ3) is 3.42. The normalized spacial score (nSPS) is 11.7. The van der Waals surface area contributed by atoms with E-state index in [1.54, 1.807) is 0 Å². The summed E-state index contributed by atoms with van der Waals surface area (Å²) in [6.07, 6.45) is 0. The van der Waals surface area contributed by atoms with E-state index >= 15 is 0 Å². The van der Waals surface area contributed by atoms with Crippen molar-refractivity contribution in [2.24, 2.45) is 0 Å². The maximum Gasteiger partial charge on any atom is 0.135 e. The average Bonchev–Trinajstić information content (AvgIpc) is 3.35. The molecule has 0 fully saturated rings. The fourth-order valence-corrected chi connectivity index (χ4v) is 6.07. The highest BCUT2D eigenvalue weighted by Gasteiger charge is 2.19. The van der Waals surface area contributed by atoms with Crippen molar-refractivity contribution in [3.05, 3.63) is 139 Å². The van der Waals surface area contributed by atoms with Gasteiger partial charge in [0.05, 0.1) is 5.69 Å². The van der Waals surface area contributed by atoms with Crippen LogP contribution in [0.4, 0.5) is 17.1 Å². The molecular weight excluding hydrogens is 474 g/mol. The molecule has 0 saturated heterocycles. The van der Waals surface area contributed by atoms with Gasteiger partial charge in [0.1, 0.15) is 11.2 Å². The molecule has 0 aliphatic rings. The van der Waals surface area contributed by atoms with Gasteiger partial charge in [-0.15, -0.1) is 0 Å². The molecule has 0 amide bonds. The number of hydrogen-bond acceptors (Lipinski definition) is 2. The summed E-state index contributed by atoms with van der Waals surface area (Å²) in [5.41, 5.74) is 6.43. The number of anilines is 3. The minimum atomic E-state index is 0.901. The van der Waals surface area contributed by atoms with E-state index in [0.29, 0.717) is 0 Å². The van der Waals surface area contributed by atoms with Gasteiger partial charge >= 0.3 is 0 Å². The first-order valence-corrected chi connectivity index (χ1v) is 13.4. The number of hydrogen-bond donors (Lipinski definition) is 0. The summed E-state index contributed by atoms with van der Waals surface area (Å²) in [6.45, 7) is 2.15. The summed E-state index contributed by atoms with van der Waals surface area (Å²) in [5, 5.41) is 9.77. The molecule has 1 heterocycles. The molecule has 184 valence electrons. The second-order valence-corrected chi connectivity index (χ2v) is 10.3. The second kappa shape index (κ2) is 8.47. The number of fused-ring (bicyclic) bond motifs is 8. The lowest BCUT2D eigenvalue weighted by molar-refractivity contribution is 0.669. The van der Waals surface area contributed by atoms with Crippen LogP contribution in [0.5, 0.6) is 0 Å². The monoisotopic (exact) mass is 499 g/mol. The van der Waals surface area contributed by atoms with Crippen molar-refractivity contribution < 1.29 is 4.42 Å². The first kappa shape index (κ1) is 22.0. The molecule has 0 aliphatic heterocycles. The maximum atomic E-state index is 6.18. The number of nitrogens with zero attached hydrogens (tertiary/aromatic N) is 1. The third-order valence-electron chi connectivity index (χ3n) is 7.86. The van der Waals surface area contributed by atoms with Crippen LogP contribution < -0.4 is 4.90 Å². The van der Waals surface area contributed by atoms with Gasteiger partial charge in [0.25, 0.3) is 0 Å². The van der Waals surface area contributed by atoms with E-state index in [4.69, 9.17) is 4.42 Å². The first-order valence-electron chi connectivity index (χ1n) is 13.4. The predicted octanol–water partition coefficient (Wildman–Crippen LogP) is 10.8. The molecule has 0 atom stereocenters. The molecule has 0 radical (unpaired) electrons. The van der Waals surface area contributed by atoms with Crippen molar-refractivity contribution in [1.82, 2.24) is 0 Å². The molecule has 8 aromatic rings. The molecule has 0 aliphatic carbocycles. The van der Waals surface area contributed by atoms with Gasteiger partial charge in [0, 0.05) is 27.5 Å². The number of aryl methyl sites for hydroxylation is 1. The van der Waals surface area contributed by atoms with Crippen LogP contribution in [-0.4, -0.2) is 0 Å². The molecule has 0 saturated carbocycles. The van der Waals surface area contributed by atoms with Crippen molar-refractivity contribution in [3.8, 4) is 0 Å². The van der Waals surface area contributed by atoms with Crippen molar-refractivity contribution in [1.29, 1.82) is 0 Å². The summed E-state index contributed by atoms with van der Waals surface area (Å²) >= 11 is 0. The minimum Gasteiger partial charge on any atom is -0.456 e. The minimum absolute atomic E-state index is 0.901. The van der Waals surface area contributed by atoms with E-state index < -0.39 is 0 Å². The molecule has 1 aromatic heterocycles. The van der Waals surface area contributed by atoms with Crippen LogP contribution in [-0.2, 0) is 0 Å². The summed E-state index contributed by atoms with van der Waals surface area (Å²) in [4.78, 5) is 2.40. The van der Waals surface area contributed by atoms with Gasteiger partial charge in [-0.25, -0.2) is 0 Å². The van der Waals surface area contributed by atoms with Crippen LogP contribution in [0, 0.1) is 6.92 Å². The quantitative estimate of drug-likeness (QED) is 0.225. The largest absolute Gasteiger partial charge is 0.456 e. The Balaban J connectivity index is 1.49. The molecule has 8 rings (SSSR count). The maximum absolute atomic E-state index is 6.18. The van der Waals surface area contributed by atoms with E-state index in [1.165, 1.54) is 37.9 Å². The van der Waals surface area contributed by atoms with Gasteiger partial charge in [0.2, 0.25) is 0 Å². The summed E-state index contributed by atoms with van der Waals surface area (Å²) in [7, 11) is 0. The first-order chi connectivity index (χ1) is 19.2. The molecule has 2 nitrogen and oxygen atoms in total. The van der Waals surface area contributed by atoms with Gasteiger partial charge in [-0.05, 0) is 81.9 Å². The lowest BCUT2D eigenvalue weighted by Gasteiger charge is -2.28. The number of furan rings is 1. The molecule has 0 N–H and O–H groups in total. The van der Waals surface area contributed by atoms with E-state index in [9.17, 15) is 0 Å². The summed E-state index contributed by atoms with van der Waals surface area (Å²) in [6, 6.07) is 47.9. The third-order valence-corrected chi connectivity index (χ3v) is 7.86. The van der Waals surface area contributed by atoms with Gasteiger partial charge in [0.15, 0.2) is 0 Å². The van der Waals surface area contributed by atoms with Crippen LogP contribution in [0.15, 0.2) is 138 Å². The molecule has 2 heteroatoms. The van der Waals surface area contributed by atoms with Gasteiger partial charge in [-0.3, -0.25) is 0 Å². The van der Waals surface area contributed by atoms with Crippen LogP contribution in [0.1, 0.15) is 5.56 Å². The number of rotatable bonds is 3. The zero-order valence-electron chi connectivity index (χ0n) is 21.6. The van der Waals surface area contributed by atoms with E-state index in [2.05, 4.69) is 133 Å². The predicted molar refractivity (Wildman–Crippen MR) is 166 cm³/mol. The molecular formula is C37H25NO. The lowest BCUT2D eigenvalue weighted by Crippen LogP contribution is -2.11. The van der Waals surface area contributed by atoms with E-state index in [1.807, 2.05) is 12.1 Å². The molecule has 0 unspecified atom stereocenters. The number of benzene rings is 7. The number of para-hydroxylation sites is 1. The van der Waals surface area contributed by atoms with Gasteiger partial charge in [-0.1, -0.05) is 91.0 Å². The van der Waals surface area contributed by atoms with Crippen molar-refractivity contribution in [3.63, 3.8) is 0 Å². The van der Waals surface area contributed by atoms with Crippen LogP contribution in [0.2, 0.25) is 0 Å². The van der Waals surface area contributed by atoms with Crippen molar-refractivity contribution >= 4 is 71.3 Å². The molecule has 0 bridgehead atoms. The highest BCUT2D eigenvalue weighted by Crippen LogP contribution is 2.44. The average molecular weight is 500 g/mol. The Kier molecular flexibility index (Phi) is 4.77. The Morgan fingerprint density at radius 3 is 2.00 bits per heavy atom. The van der Waals surface area contributed by atoms with E-state index in [0.717, 1.165) is 39.0 Å². The lowest BCUT2D eigenvalue weighted by atomic mass is 9.95. The fraction of sp³-hybridized carbons (Fsp3) is 0.0270. The van der Waals surface area contributed by atoms with Gasteiger partial charge < -0.3 is 9.32 Å². The van der Waals surface area contributed by atoms with Crippen LogP contribution in [0.3, 0.4) is 0 Å². The Bertz CT molecular complexity index is 2200.